The summed E-state index contributed by atoms with van der Waals surface area (Å²) in [6.07, 6.45) is 26.0. The summed E-state index contributed by atoms with van der Waals surface area (Å²) in [5, 5.41) is 0. The Morgan fingerprint density at radius 2 is 0.917 bits per heavy atom. The summed E-state index contributed by atoms with van der Waals surface area (Å²) in [5.74, 6) is 3.16. The van der Waals surface area contributed by atoms with E-state index in [0.717, 1.165) is 36.0 Å². The van der Waals surface area contributed by atoms with E-state index in [4.69, 9.17) is 15.0 Å². The first-order valence-corrected chi connectivity index (χ1v) is 16.9. The molecule has 5 aromatic rings. The second kappa shape index (κ2) is 13.6. The van der Waals surface area contributed by atoms with Crippen LogP contribution in [0.15, 0.2) is 181 Å². The molecule has 3 aliphatic carbocycles. The third-order valence-corrected chi connectivity index (χ3v) is 9.52. The lowest BCUT2D eigenvalue weighted by Gasteiger charge is -2.22. The maximum absolute atomic E-state index is 4.97. The molecule has 0 fully saturated rings. The highest BCUT2D eigenvalue weighted by Crippen LogP contribution is 2.36. The van der Waals surface area contributed by atoms with E-state index in [0.29, 0.717) is 29.3 Å². The predicted octanol–water partition coefficient (Wildman–Crippen LogP) is 11.1. The third-order valence-electron chi connectivity index (χ3n) is 9.52. The minimum atomic E-state index is 0.264. The van der Waals surface area contributed by atoms with Crippen molar-refractivity contribution in [3.05, 3.63) is 198 Å². The summed E-state index contributed by atoms with van der Waals surface area (Å²) >= 11 is 0. The van der Waals surface area contributed by atoms with Gasteiger partial charge in [0.25, 0.3) is 0 Å². The molecule has 0 spiro atoms. The Hall–Kier alpha value is -5.67. The van der Waals surface area contributed by atoms with Gasteiger partial charge in [0.2, 0.25) is 0 Å². The fourth-order valence-electron chi connectivity index (χ4n) is 6.88. The highest BCUT2D eigenvalue weighted by Gasteiger charge is 2.19. The van der Waals surface area contributed by atoms with Gasteiger partial charge in [-0.1, -0.05) is 164 Å². The first-order valence-electron chi connectivity index (χ1n) is 16.9. The molecule has 3 atom stereocenters. The van der Waals surface area contributed by atoms with Crippen LogP contribution in [-0.4, -0.2) is 15.0 Å². The van der Waals surface area contributed by atoms with E-state index in [9.17, 15) is 0 Å². The molecule has 0 N–H and O–H groups in total. The molecule has 3 aliphatic rings. The second-order valence-electron chi connectivity index (χ2n) is 12.7. The Morgan fingerprint density at radius 1 is 0.417 bits per heavy atom. The van der Waals surface area contributed by atoms with Crippen molar-refractivity contribution in [1.82, 2.24) is 15.0 Å². The number of benzene rings is 4. The van der Waals surface area contributed by atoms with Crippen molar-refractivity contribution in [3.8, 4) is 34.2 Å². The molecule has 8 rings (SSSR count). The Bertz CT molecular complexity index is 2040. The minimum Gasteiger partial charge on any atom is -0.208 e. The van der Waals surface area contributed by atoms with Crippen molar-refractivity contribution < 1.29 is 0 Å². The number of rotatable bonds is 7. The number of allylic oxidation sites excluding steroid dienone is 12. The van der Waals surface area contributed by atoms with Crippen molar-refractivity contribution in [1.29, 1.82) is 0 Å². The Kier molecular flexibility index (Phi) is 8.41. The Morgan fingerprint density at radius 3 is 1.48 bits per heavy atom. The molecule has 1 heterocycles. The van der Waals surface area contributed by atoms with Gasteiger partial charge < -0.3 is 0 Å². The van der Waals surface area contributed by atoms with E-state index < -0.39 is 0 Å². The van der Waals surface area contributed by atoms with Gasteiger partial charge in [-0.05, 0) is 53.2 Å². The number of nitrogens with zero attached hydrogens (tertiary/aromatic N) is 3. The molecule has 3 unspecified atom stereocenters. The summed E-state index contributed by atoms with van der Waals surface area (Å²) in [6, 6.07) is 38.3. The largest absolute Gasteiger partial charge is 0.208 e. The summed E-state index contributed by atoms with van der Waals surface area (Å²) in [7, 11) is 0. The molecule has 3 heteroatoms. The van der Waals surface area contributed by atoms with E-state index in [1.165, 1.54) is 27.8 Å². The topological polar surface area (TPSA) is 38.7 Å². The molecule has 0 bridgehead atoms. The van der Waals surface area contributed by atoms with E-state index in [-0.39, 0.29) is 5.92 Å². The molecule has 0 radical (unpaired) electrons. The van der Waals surface area contributed by atoms with Gasteiger partial charge >= 0.3 is 0 Å². The molecule has 1 aromatic heterocycles. The van der Waals surface area contributed by atoms with Gasteiger partial charge in [-0.25, -0.2) is 15.0 Å². The maximum atomic E-state index is 4.97. The van der Waals surface area contributed by atoms with Gasteiger partial charge in [-0.2, -0.15) is 0 Å². The molecule has 0 saturated heterocycles. The van der Waals surface area contributed by atoms with Gasteiger partial charge in [-0.3, -0.25) is 0 Å². The fraction of sp³-hybridized carbons (Fsp3) is 0.133. The fourth-order valence-corrected chi connectivity index (χ4v) is 6.88. The van der Waals surface area contributed by atoms with Crippen LogP contribution in [-0.2, 0) is 0 Å². The zero-order valence-electron chi connectivity index (χ0n) is 26.9. The third kappa shape index (κ3) is 6.45. The quantitative estimate of drug-likeness (QED) is 0.182. The van der Waals surface area contributed by atoms with Crippen molar-refractivity contribution in [2.45, 2.75) is 37.0 Å². The standard InChI is InChI=1S/C45H37N3/c1-4-13-32(14-5-1)33-25-27-34(28-26-33)37-19-10-20-38(29-37)39-21-11-22-40(30-39)41-23-12-24-42(31-41)45-47-43(35-15-6-2-7-16-35)46-44(48-45)36-17-8-3-9-18-36/h1-13,15-18,20-21,23-32,37,40H,14,19,22H2. The lowest BCUT2D eigenvalue weighted by atomic mass is 9.82. The van der Waals surface area contributed by atoms with Crippen LogP contribution in [0.1, 0.15) is 53.7 Å². The average Bonchev–Trinajstić information content (AvgIpc) is 3.19. The van der Waals surface area contributed by atoms with Crippen LogP contribution in [0.3, 0.4) is 0 Å². The zero-order chi connectivity index (χ0) is 32.1. The highest BCUT2D eigenvalue weighted by atomic mass is 15.0. The summed E-state index contributed by atoms with van der Waals surface area (Å²) < 4.78 is 0. The average molecular weight is 620 g/mol. The van der Waals surface area contributed by atoms with Gasteiger partial charge in [0, 0.05) is 34.4 Å². The van der Waals surface area contributed by atoms with E-state index >= 15 is 0 Å². The molecule has 0 saturated carbocycles. The van der Waals surface area contributed by atoms with Gasteiger partial charge in [0.1, 0.15) is 0 Å². The predicted molar refractivity (Wildman–Crippen MR) is 197 cm³/mol. The molecule has 4 aromatic carbocycles. The first-order chi connectivity index (χ1) is 23.8. The van der Waals surface area contributed by atoms with Crippen molar-refractivity contribution in [3.63, 3.8) is 0 Å². The Balaban J connectivity index is 1.07. The molecular formula is C45H37N3. The van der Waals surface area contributed by atoms with Crippen LogP contribution in [0.25, 0.3) is 34.2 Å². The van der Waals surface area contributed by atoms with Crippen LogP contribution < -0.4 is 0 Å². The SMILES string of the molecule is C1=CCC(c2ccc(C3C=C(C4=CC(c5cccc(-c6nc(-c7ccccc7)nc(-c7ccccc7)n6)c5)CC=C4)C=CC3)cc2)C=C1. The van der Waals surface area contributed by atoms with Crippen LogP contribution in [0, 0.1) is 0 Å². The minimum absolute atomic E-state index is 0.264. The van der Waals surface area contributed by atoms with Crippen LogP contribution >= 0.6 is 0 Å². The lowest BCUT2D eigenvalue weighted by Crippen LogP contribution is -2.05. The van der Waals surface area contributed by atoms with Crippen molar-refractivity contribution in [2.75, 3.05) is 0 Å². The summed E-state index contributed by atoms with van der Waals surface area (Å²) in [6.45, 7) is 0. The van der Waals surface area contributed by atoms with Crippen molar-refractivity contribution in [2.24, 2.45) is 0 Å². The van der Waals surface area contributed by atoms with Crippen LogP contribution in [0.4, 0.5) is 0 Å². The Labute approximate surface area is 283 Å². The monoisotopic (exact) mass is 619 g/mol. The van der Waals surface area contributed by atoms with Gasteiger partial charge in [-0.15, -0.1) is 0 Å². The molecular weight excluding hydrogens is 583 g/mol. The van der Waals surface area contributed by atoms with Crippen LogP contribution in [0.2, 0.25) is 0 Å². The molecule has 0 amide bonds. The highest BCUT2D eigenvalue weighted by molar-refractivity contribution is 5.67. The van der Waals surface area contributed by atoms with E-state index in [1.807, 2.05) is 60.7 Å². The smallest absolute Gasteiger partial charge is 0.164 e. The van der Waals surface area contributed by atoms with Gasteiger partial charge in [0.15, 0.2) is 17.5 Å². The van der Waals surface area contributed by atoms with Crippen LogP contribution in [0.5, 0.6) is 0 Å². The molecule has 48 heavy (non-hydrogen) atoms. The first kappa shape index (κ1) is 29.7. The molecule has 3 nitrogen and oxygen atoms in total. The van der Waals surface area contributed by atoms with Crippen molar-refractivity contribution >= 4 is 0 Å². The second-order valence-corrected chi connectivity index (χ2v) is 12.7. The zero-order valence-corrected chi connectivity index (χ0v) is 26.9. The molecule has 232 valence electrons. The normalized spacial score (nSPS) is 20.0. The maximum Gasteiger partial charge on any atom is 0.164 e. The molecule has 0 aliphatic heterocycles. The van der Waals surface area contributed by atoms with Gasteiger partial charge in [0.05, 0.1) is 0 Å². The van der Waals surface area contributed by atoms with E-state index in [1.54, 1.807) is 0 Å². The number of hydrogen-bond donors (Lipinski definition) is 0. The lowest BCUT2D eigenvalue weighted by molar-refractivity contribution is 0.824. The number of aromatic nitrogens is 3. The summed E-state index contributed by atoms with van der Waals surface area (Å²) in [5.41, 5.74) is 9.55. The summed E-state index contributed by atoms with van der Waals surface area (Å²) in [4.78, 5) is 14.8. The number of hydrogen-bond acceptors (Lipinski definition) is 3. The van der Waals surface area contributed by atoms with E-state index in [2.05, 4.69) is 109 Å².